The van der Waals surface area contributed by atoms with Crippen LogP contribution in [-0.4, -0.2) is 21.0 Å². The van der Waals surface area contributed by atoms with Crippen molar-refractivity contribution >= 4 is 21.4 Å². The van der Waals surface area contributed by atoms with Crippen molar-refractivity contribution in [3.05, 3.63) is 16.3 Å². The molecule has 1 heterocycles. The molecule has 2 rings (SSSR count). The average molecular weight is 331 g/mol. The summed E-state index contributed by atoms with van der Waals surface area (Å²) < 4.78 is 28.2. The fourth-order valence-electron chi connectivity index (χ4n) is 3.04. The lowest BCUT2D eigenvalue weighted by molar-refractivity contribution is 0.249. The Bertz CT molecular complexity index is 554. The van der Waals surface area contributed by atoms with Crippen LogP contribution in [0.4, 0.5) is 0 Å². The summed E-state index contributed by atoms with van der Waals surface area (Å²) in [5, 5.41) is 5.05. The van der Waals surface area contributed by atoms with Gasteiger partial charge in [-0.3, -0.25) is 0 Å². The van der Waals surface area contributed by atoms with Crippen molar-refractivity contribution in [2.24, 2.45) is 11.8 Å². The second-order valence-corrected chi connectivity index (χ2v) is 8.79. The van der Waals surface area contributed by atoms with Crippen molar-refractivity contribution in [3.8, 4) is 0 Å². The predicted molar refractivity (Wildman–Crippen MR) is 88.0 cm³/mol. The van der Waals surface area contributed by atoms with E-state index in [4.69, 9.17) is 0 Å². The maximum Gasteiger partial charge on any atom is 0.241 e. The normalized spacial score (nSPS) is 26.9. The highest BCUT2D eigenvalue weighted by Crippen LogP contribution is 2.30. The summed E-state index contributed by atoms with van der Waals surface area (Å²) in [5.74, 6) is 1.10. The zero-order chi connectivity index (χ0) is 15.5. The van der Waals surface area contributed by atoms with Crippen molar-refractivity contribution < 1.29 is 8.42 Å². The van der Waals surface area contributed by atoms with Crippen molar-refractivity contribution in [2.75, 3.05) is 6.54 Å². The summed E-state index contributed by atoms with van der Waals surface area (Å²) >= 11 is 1.50. The minimum atomic E-state index is -3.41. The molecular formula is C15H26N2O2S2. The van der Waals surface area contributed by atoms with Crippen molar-refractivity contribution in [1.82, 2.24) is 10.0 Å². The molecule has 0 aliphatic heterocycles. The van der Waals surface area contributed by atoms with Crippen LogP contribution in [0.25, 0.3) is 0 Å². The van der Waals surface area contributed by atoms with E-state index in [1.165, 1.54) is 11.3 Å². The molecule has 1 saturated carbocycles. The van der Waals surface area contributed by atoms with Crippen LogP contribution in [0, 0.1) is 11.8 Å². The van der Waals surface area contributed by atoms with Gasteiger partial charge in [-0.05, 0) is 49.1 Å². The third kappa shape index (κ3) is 4.28. The van der Waals surface area contributed by atoms with Gasteiger partial charge in [-0.1, -0.05) is 20.8 Å². The van der Waals surface area contributed by atoms with E-state index in [1.807, 2.05) is 12.3 Å². The third-order valence-corrected chi connectivity index (χ3v) is 6.89. The minimum Gasteiger partial charge on any atom is -0.312 e. The lowest BCUT2D eigenvalue weighted by Crippen LogP contribution is -2.42. The van der Waals surface area contributed by atoms with E-state index in [2.05, 4.69) is 23.9 Å². The molecule has 1 fully saturated rings. The molecule has 0 radical (unpaired) electrons. The zero-order valence-corrected chi connectivity index (χ0v) is 14.7. The van der Waals surface area contributed by atoms with E-state index in [1.54, 1.807) is 6.07 Å². The number of hydrogen-bond acceptors (Lipinski definition) is 4. The van der Waals surface area contributed by atoms with Crippen LogP contribution in [-0.2, 0) is 16.6 Å². The van der Waals surface area contributed by atoms with Gasteiger partial charge in [0.2, 0.25) is 10.0 Å². The molecule has 1 aromatic heterocycles. The van der Waals surface area contributed by atoms with Gasteiger partial charge in [0.15, 0.2) is 0 Å². The monoisotopic (exact) mass is 330 g/mol. The first kappa shape index (κ1) is 16.9. The molecule has 2 N–H and O–H groups in total. The summed E-state index contributed by atoms with van der Waals surface area (Å²) in [5.41, 5.74) is 0. The smallest absolute Gasteiger partial charge is 0.241 e. The highest BCUT2D eigenvalue weighted by molar-refractivity contribution is 7.89. The molecular weight excluding hydrogens is 304 g/mol. The Balaban J connectivity index is 2.10. The standard InChI is InChI=1S/C15H26N2O2S2/c1-4-16-10-14-15(7-8-20-14)21(18,19)17-13-6-5-11(2)9-12(13)3/h7-8,11-13,16-17H,4-6,9-10H2,1-3H3. The molecule has 1 aliphatic carbocycles. The Labute approximate surface area is 132 Å². The molecule has 4 nitrogen and oxygen atoms in total. The van der Waals surface area contributed by atoms with Crippen LogP contribution in [0.2, 0.25) is 0 Å². The van der Waals surface area contributed by atoms with Gasteiger partial charge in [0.1, 0.15) is 0 Å². The van der Waals surface area contributed by atoms with Gasteiger partial charge >= 0.3 is 0 Å². The number of rotatable bonds is 6. The van der Waals surface area contributed by atoms with Gasteiger partial charge in [0.05, 0.1) is 4.90 Å². The Morgan fingerprint density at radius 2 is 2.10 bits per heavy atom. The van der Waals surface area contributed by atoms with E-state index < -0.39 is 10.0 Å². The van der Waals surface area contributed by atoms with E-state index >= 15 is 0 Å². The molecule has 21 heavy (non-hydrogen) atoms. The maximum atomic E-state index is 12.6. The maximum absolute atomic E-state index is 12.6. The van der Waals surface area contributed by atoms with Crippen molar-refractivity contribution in [1.29, 1.82) is 0 Å². The van der Waals surface area contributed by atoms with Gasteiger partial charge in [-0.25, -0.2) is 13.1 Å². The van der Waals surface area contributed by atoms with E-state index in [0.29, 0.717) is 23.3 Å². The molecule has 1 aromatic rings. The van der Waals surface area contributed by atoms with E-state index in [0.717, 1.165) is 30.7 Å². The van der Waals surface area contributed by atoms with Crippen molar-refractivity contribution in [3.63, 3.8) is 0 Å². The van der Waals surface area contributed by atoms with Crippen LogP contribution in [0.3, 0.4) is 0 Å². The molecule has 3 unspecified atom stereocenters. The molecule has 1 aliphatic rings. The fraction of sp³-hybridized carbons (Fsp3) is 0.733. The largest absolute Gasteiger partial charge is 0.312 e. The number of thiophene rings is 1. The lowest BCUT2D eigenvalue weighted by Gasteiger charge is -2.32. The molecule has 0 aromatic carbocycles. The summed E-state index contributed by atoms with van der Waals surface area (Å²) in [6.07, 6.45) is 3.14. The zero-order valence-electron chi connectivity index (χ0n) is 13.1. The lowest BCUT2D eigenvalue weighted by atomic mass is 9.80. The first-order chi connectivity index (χ1) is 9.94. The van der Waals surface area contributed by atoms with Gasteiger partial charge in [-0.2, -0.15) is 0 Å². The number of hydrogen-bond donors (Lipinski definition) is 2. The number of nitrogens with one attached hydrogen (secondary N) is 2. The first-order valence-electron chi connectivity index (χ1n) is 7.73. The van der Waals surface area contributed by atoms with E-state index in [9.17, 15) is 8.42 Å². The minimum absolute atomic E-state index is 0.0677. The Kier molecular flexibility index (Phi) is 5.82. The number of sulfonamides is 1. The Hall–Kier alpha value is -0.430. The van der Waals surface area contributed by atoms with Gasteiger partial charge in [0.25, 0.3) is 0 Å². The Morgan fingerprint density at radius 1 is 1.33 bits per heavy atom. The first-order valence-corrected chi connectivity index (χ1v) is 10.1. The molecule has 0 amide bonds. The van der Waals surface area contributed by atoms with Crippen LogP contribution in [0.15, 0.2) is 16.3 Å². The average Bonchev–Trinajstić information content (AvgIpc) is 2.89. The molecule has 6 heteroatoms. The topological polar surface area (TPSA) is 58.2 Å². The van der Waals surface area contributed by atoms with Gasteiger partial charge in [0, 0.05) is 17.5 Å². The Morgan fingerprint density at radius 3 is 2.76 bits per heavy atom. The summed E-state index contributed by atoms with van der Waals surface area (Å²) in [7, 11) is -3.41. The summed E-state index contributed by atoms with van der Waals surface area (Å²) in [6.45, 7) is 7.86. The van der Waals surface area contributed by atoms with Crippen LogP contribution < -0.4 is 10.0 Å². The second-order valence-electron chi connectivity index (χ2n) is 6.11. The molecule has 120 valence electrons. The second kappa shape index (κ2) is 7.22. The van der Waals surface area contributed by atoms with E-state index in [-0.39, 0.29) is 6.04 Å². The SMILES string of the molecule is CCNCc1sccc1S(=O)(=O)NC1CCC(C)CC1C. The fourth-order valence-corrected chi connectivity index (χ4v) is 5.83. The third-order valence-electron chi connectivity index (χ3n) is 4.27. The summed E-state index contributed by atoms with van der Waals surface area (Å²) in [4.78, 5) is 1.33. The quantitative estimate of drug-likeness (QED) is 0.843. The molecule has 0 spiro atoms. The molecule has 0 saturated heterocycles. The van der Waals surface area contributed by atoms with Gasteiger partial charge in [-0.15, -0.1) is 11.3 Å². The molecule has 0 bridgehead atoms. The molecule has 3 atom stereocenters. The van der Waals surface area contributed by atoms with Gasteiger partial charge < -0.3 is 5.32 Å². The summed E-state index contributed by atoms with van der Waals surface area (Å²) in [6, 6.07) is 1.79. The predicted octanol–water partition coefficient (Wildman–Crippen LogP) is 2.96. The van der Waals surface area contributed by atoms with Crippen LogP contribution in [0.1, 0.15) is 44.9 Å². The van der Waals surface area contributed by atoms with Crippen molar-refractivity contribution in [2.45, 2.75) is 57.5 Å². The van der Waals surface area contributed by atoms with Crippen LogP contribution in [0.5, 0.6) is 0 Å². The highest BCUT2D eigenvalue weighted by Gasteiger charge is 2.30. The highest BCUT2D eigenvalue weighted by atomic mass is 32.2. The van der Waals surface area contributed by atoms with Crippen LogP contribution >= 0.6 is 11.3 Å².